The summed E-state index contributed by atoms with van der Waals surface area (Å²) in [6, 6.07) is 52.1. The first-order valence-electron chi connectivity index (χ1n) is 16.5. The highest BCUT2D eigenvalue weighted by molar-refractivity contribution is 6.67. The van der Waals surface area contributed by atoms with Crippen LogP contribution in [0.25, 0.3) is 33.4 Å². The molecule has 5 heteroatoms. The first kappa shape index (κ1) is 30.0. The molecule has 0 aliphatic heterocycles. The standard InChI is InChI=1S/C44H25B5/c45-39-38(40(46)42(48)43(49)41(39)47)37(27-20-18-26(19-21-27)25-10-2-1-3-11-25)28-22-23-32-31-14-6-9-17-35(31)44(36(32)24-28)33-15-7-4-12-29(33)30-13-5-8-16-34(30)44/h1-24,37H. The van der Waals surface area contributed by atoms with Crippen molar-refractivity contribution in [1.29, 1.82) is 0 Å². The van der Waals surface area contributed by atoms with Crippen molar-refractivity contribution >= 4 is 66.5 Å². The first-order chi connectivity index (χ1) is 23.9. The van der Waals surface area contributed by atoms with Gasteiger partial charge >= 0.3 is 0 Å². The number of hydrogen-bond acceptors (Lipinski definition) is 0. The molecule has 0 nitrogen and oxygen atoms in total. The van der Waals surface area contributed by atoms with Gasteiger partial charge in [-0.3, -0.25) is 0 Å². The number of rotatable bonds is 4. The summed E-state index contributed by atoms with van der Waals surface area (Å²) in [5.41, 5.74) is 15.9. The average molecular weight is 608 g/mol. The normalized spacial score (nSPS) is 13.8. The largest absolute Gasteiger partial charge is 0.113 e. The maximum atomic E-state index is 6.83. The van der Waals surface area contributed by atoms with E-state index < -0.39 is 5.41 Å². The zero-order valence-electron chi connectivity index (χ0n) is 26.8. The molecule has 216 valence electrons. The van der Waals surface area contributed by atoms with Crippen LogP contribution in [0.15, 0.2) is 146 Å². The summed E-state index contributed by atoms with van der Waals surface area (Å²) in [4.78, 5) is 0. The van der Waals surface area contributed by atoms with Crippen molar-refractivity contribution in [2.75, 3.05) is 0 Å². The van der Waals surface area contributed by atoms with E-state index >= 15 is 0 Å². The Kier molecular flexibility index (Phi) is 6.85. The Balaban J connectivity index is 1.33. The van der Waals surface area contributed by atoms with E-state index in [4.69, 9.17) is 39.2 Å². The molecule has 7 aromatic carbocycles. The minimum atomic E-state index is -0.493. The topological polar surface area (TPSA) is 0 Å². The lowest BCUT2D eigenvalue weighted by atomic mass is 9.58. The maximum absolute atomic E-state index is 6.83. The zero-order valence-corrected chi connectivity index (χ0v) is 26.8. The van der Waals surface area contributed by atoms with Gasteiger partial charge in [0.25, 0.3) is 0 Å². The van der Waals surface area contributed by atoms with Gasteiger partial charge in [0.1, 0.15) is 39.2 Å². The van der Waals surface area contributed by atoms with E-state index in [0.29, 0.717) is 16.5 Å². The molecule has 9 rings (SSSR count). The highest BCUT2D eigenvalue weighted by atomic mass is 14.5. The van der Waals surface area contributed by atoms with Gasteiger partial charge in [0.2, 0.25) is 0 Å². The summed E-state index contributed by atoms with van der Waals surface area (Å²) in [5, 5.41) is 0. The lowest BCUT2D eigenvalue weighted by Crippen LogP contribution is -2.56. The van der Waals surface area contributed by atoms with Gasteiger partial charge in [-0.1, -0.05) is 151 Å². The van der Waals surface area contributed by atoms with Gasteiger partial charge in [-0.15, -0.1) is 27.3 Å². The van der Waals surface area contributed by atoms with E-state index in [0.717, 1.165) is 22.3 Å². The molecule has 0 fully saturated rings. The van der Waals surface area contributed by atoms with Crippen LogP contribution in [0, 0.1) is 0 Å². The summed E-state index contributed by atoms with van der Waals surface area (Å²) < 4.78 is 0. The molecule has 2 aliphatic rings. The minimum absolute atomic E-state index is 0.208. The van der Waals surface area contributed by atoms with Crippen molar-refractivity contribution < 1.29 is 0 Å². The molecule has 2 aliphatic carbocycles. The van der Waals surface area contributed by atoms with Crippen LogP contribution in [0.3, 0.4) is 0 Å². The molecule has 7 aromatic rings. The first-order valence-corrected chi connectivity index (χ1v) is 16.5. The fourth-order valence-electron chi connectivity index (χ4n) is 8.50. The van der Waals surface area contributed by atoms with Crippen LogP contribution in [0.5, 0.6) is 0 Å². The third-order valence-electron chi connectivity index (χ3n) is 10.7. The Morgan fingerprint density at radius 1 is 0.347 bits per heavy atom. The van der Waals surface area contributed by atoms with Gasteiger partial charge in [-0.05, 0) is 66.8 Å². The van der Waals surface area contributed by atoms with Gasteiger partial charge in [0.15, 0.2) is 0 Å². The highest BCUT2D eigenvalue weighted by Gasteiger charge is 2.51. The van der Waals surface area contributed by atoms with E-state index in [9.17, 15) is 0 Å². The smallest absolute Gasteiger partial charge is 0.112 e. The summed E-state index contributed by atoms with van der Waals surface area (Å²) in [5.74, 6) is -0.382. The molecule has 0 amide bonds. The van der Waals surface area contributed by atoms with E-state index in [-0.39, 0.29) is 22.3 Å². The molecule has 1 unspecified atom stereocenters. The summed E-state index contributed by atoms with van der Waals surface area (Å²) in [6.45, 7) is 0. The number of fused-ring (bicyclic) bond motifs is 10. The van der Waals surface area contributed by atoms with Crippen molar-refractivity contribution in [3.63, 3.8) is 0 Å². The van der Waals surface area contributed by atoms with Crippen molar-refractivity contribution in [3.8, 4) is 33.4 Å². The molecule has 0 saturated heterocycles. The van der Waals surface area contributed by atoms with Gasteiger partial charge in [0.05, 0.1) is 5.41 Å². The Morgan fingerprint density at radius 3 is 1.29 bits per heavy atom. The summed E-state index contributed by atoms with van der Waals surface area (Å²) in [7, 11) is 33.0. The summed E-state index contributed by atoms with van der Waals surface area (Å²) >= 11 is 0. The molecule has 0 saturated carbocycles. The fraction of sp³-hybridized carbons (Fsp3) is 0.0455. The fourth-order valence-corrected chi connectivity index (χ4v) is 8.50. The van der Waals surface area contributed by atoms with Crippen molar-refractivity contribution in [2.24, 2.45) is 0 Å². The second kappa shape index (κ2) is 11.2. The molecule has 0 bridgehead atoms. The van der Waals surface area contributed by atoms with Gasteiger partial charge in [0, 0.05) is 5.92 Å². The van der Waals surface area contributed by atoms with Crippen LogP contribution >= 0.6 is 0 Å². The van der Waals surface area contributed by atoms with Crippen LogP contribution in [0.4, 0.5) is 0 Å². The van der Waals surface area contributed by atoms with Gasteiger partial charge in [-0.2, -0.15) is 0 Å². The number of benzene rings is 7. The predicted octanol–water partition coefficient (Wildman–Crippen LogP) is 4.85. The molecular formula is C44H25B5. The molecule has 49 heavy (non-hydrogen) atoms. The van der Waals surface area contributed by atoms with E-state index in [1.54, 1.807) is 0 Å². The Morgan fingerprint density at radius 2 is 0.755 bits per heavy atom. The second-order valence-electron chi connectivity index (χ2n) is 13.1. The lowest BCUT2D eigenvalue weighted by Gasteiger charge is -2.32. The molecule has 1 atom stereocenters. The van der Waals surface area contributed by atoms with Crippen LogP contribution in [-0.2, 0) is 5.41 Å². The molecular weight excluding hydrogens is 583 g/mol. The van der Waals surface area contributed by atoms with Crippen LogP contribution in [0.2, 0.25) is 0 Å². The van der Waals surface area contributed by atoms with E-state index in [1.807, 2.05) is 18.2 Å². The van der Waals surface area contributed by atoms with Crippen molar-refractivity contribution in [3.05, 3.63) is 185 Å². The van der Waals surface area contributed by atoms with Gasteiger partial charge < -0.3 is 0 Å². The molecule has 0 N–H and O–H groups in total. The van der Waals surface area contributed by atoms with Crippen molar-refractivity contribution in [1.82, 2.24) is 0 Å². The monoisotopic (exact) mass is 608 g/mol. The third kappa shape index (κ3) is 4.18. The van der Waals surface area contributed by atoms with Crippen LogP contribution < -0.4 is 27.3 Å². The summed E-state index contributed by atoms with van der Waals surface area (Å²) in [6.07, 6.45) is 0. The molecule has 1 spiro atoms. The van der Waals surface area contributed by atoms with Crippen LogP contribution in [0.1, 0.15) is 44.9 Å². The number of hydrogen-bond donors (Lipinski definition) is 0. The average Bonchev–Trinajstić information content (AvgIpc) is 3.62. The highest BCUT2D eigenvalue weighted by Crippen LogP contribution is 2.63. The lowest BCUT2D eigenvalue weighted by molar-refractivity contribution is 0.790. The Labute approximate surface area is 294 Å². The SMILES string of the molecule is [B]c1c([B])c([B])c(C(c2ccc(-c3ccccc3)cc2)c2ccc3c(c2)C2(c4ccccc4-c4ccccc42)c2ccccc2-3)c([B])c1[B]. The molecule has 0 aromatic heterocycles. The van der Waals surface area contributed by atoms with E-state index in [2.05, 4.69) is 127 Å². The molecule has 0 heterocycles. The Hall–Kier alpha value is -5.14. The Bertz CT molecular complexity index is 2350. The minimum Gasteiger partial charge on any atom is -0.112 e. The molecule has 10 radical (unpaired) electrons. The quantitative estimate of drug-likeness (QED) is 0.198. The maximum Gasteiger partial charge on any atom is 0.113 e. The predicted molar refractivity (Wildman–Crippen MR) is 209 cm³/mol. The van der Waals surface area contributed by atoms with E-state index in [1.165, 1.54) is 44.5 Å². The second-order valence-corrected chi connectivity index (χ2v) is 13.1. The van der Waals surface area contributed by atoms with Gasteiger partial charge in [-0.25, -0.2) is 0 Å². The third-order valence-corrected chi connectivity index (χ3v) is 10.7. The van der Waals surface area contributed by atoms with Crippen LogP contribution in [-0.4, -0.2) is 39.2 Å². The van der Waals surface area contributed by atoms with Crippen molar-refractivity contribution in [2.45, 2.75) is 11.3 Å². The zero-order chi connectivity index (χ0) is 33.4.